The highest BCUT2D eigenvalue weighted by molar-refractivity contribution is 5.95. The summed E-state index contributed by atoms with van der Waals surface area (Å²) in [7, 11) is 0. The molecule has 0 spiro atoms. The first-order valence-electron chi connectivity index (χ1n) is 7.27. The number of anilines is 1. The lowest BCUT2D eigenvalue weighted by atomic mass is 10.0. The first-order valence-corrected chi connectivity index (χ1v) is 7.27. The molecule has 2 rings (SSSR count). The lowest BCUT2D eigenvalue weighted by molar-refractivity contribution is 0.0948. The number of hydrogen-bond donors (Lipinski definition) is 2. The van der Waals surface area contributed by atoms with Crippen LogP contribution in [0.3, 0.4) is 0 Å². The van der Waals surface area contributed by atoms with Crippen LogP contribution in [0.1, 0.15) is 30.6 Å². The fourth-order valence-electron chi connectivity index (χ4n) is 2.06. The molecule has 2 aromatic rings. The fraction of sp³-hybridized carbons (Fsp3) is 0.294. The maximum absolute atomic E-state index is 14.6. The van der Waals surface area contributed by atoms with Gasteiger partial charge in [-0.2, -0.15) is 0 Å². The molecule has 0 saturated heterocycles. The van der Waals surface area contributed by atoms with Crippen molar-refractivity contribution in [3.8, 4) is 11.1 Å². The van der Waals surface area contributed by atoms with Gasteiger partial charge in [-0.1, -0.05) is 26.0 Å². The van der Waals surface area contributed by atoms with Crippen molar-refractivity contribution in [1.82, 2.24) is 10.3 Å². The molecule has 0 unspecified atom stereocenters. The molecule has 0 atom stereocenters. The molecule has 3 N–H and O–H groups in total. The van der Waals surface area contributed by atoms with Gasteiger partial charge in [0.1, 0.15) is 11.6 Å². The largest absolute Gasteiger partial charge is 0.384 e. The SMILES string of the molecule is CC(C)CCNC(=O)c1cccc(-c2ccc(N)nc2)c1F. The number of nitrogens with two attached hydrogens (primary N) is 1. The Morgan fingerprint density at radius 2 is 2.09 bits per heavy atom. The van der Waals surface area contributed by atoms with Gasteiger partial charge in [-0.15, -0.1) is 0 Å². The van der Waals surface area contributed by atoms with E-state index in [2.05, 4.69) is 24.1 Å². The number of nitrogen functional groups attached to an aromatic ring is 1. The predicted octanol–water partition coefficient (Wildman–Crippen LogP) is 3.25. The maximum atomic E-state index is 14.6. The molecule has 4 nitrogen and oxygen atoms in total. The van der Waals surface area contributed by atoms with Crippen molar-refractivity contribution in [3.05, 3.63) is 47.9 Å². The summed E-state index contributed by atoms with van der Waals surface area (Å²) in [5.41, 5.74) is 6.49. The monoisotopic (exact) mass is 301 g/mol. The van der Waals surface area contributed by atoms with Crippen LogP contribution in [-0.2, 0) is 0 Å². The van der Waals surface area contributed by atoms with Gasteiger partial charge < -0.3 is 11.1 Å². The molecule has 22 heavy (non-hydrogen) atoms. The van der Waals surface area contributed by atoms with Gasteiger partial charge in [0.05, 0.1) is 5.56 Å². The quantitative estimate of drug-likeness (QED) is 0.890. The third kappa shape index (κ3) is 3.81. The van der Waals surface area contributed by atoms with E-state index in [0.717, 1.165) is 6.42 Å². The van der Waals surface area contributed by atoms with E-state index < -0.39 is 11.7 Å². The second kappa shape index (κ2) is 7.02. The minimum atomic E-state index is -0.545. The zero-order valence-electron chi connectivity index (χ0n) is 12.8. The van der Waals surface area contributed by atoms with Crippen LogP contribution in [0.4, 0.5) is 10.2 Å². The summed E-state index contributed by atoms with van der Waals surface area (Å²) < 4.78 is 14.6. The van der Waals surface area contributed by atoms with Crippen molar-refractivity contribution in [1.29, 1.82) is 0 Å². The number of aromatic nitrogens is 1. The second-order valence-electron chi connectivity index (χ2n) is 5.58. The second-order valence-corrected chi connectivity index (χ2v) is 5.58. The van der Waals surface area contributed by atoms with Gasteiger partial charge in [-0.25, -0.2) is 9.37 Å². The average Bonchev–Trinajstić information content (AvgIpc) is 2.48. The number of nitrogens with zero attached hydrogens (tertiary/aromatic N) is 1. The Hall–Kier alpha value is -2.43. The molecule has 1 aromatic carbocycles. The van der Waals surface area contributed by atoms with Crippen molar-refractivity contribution >= 4 is 11.7 Å². The topological polar surface area (TPSA) is 68.0 Å². The molecule has 0 saturated carbocycles. The van der Waals surface area contributed by atoms with Gasteiger partial charge in [-0.05, 0) is 30.5 Å². The van der Waals surface area contributed by atoms with Gasteiger partial charge >= 0.3 is 0 Å². The Bertz CT molecular complexity index is 653. The van der Waals surface area contributed by atoms with Crippen LogP contribution in [0.15, 0.2) is 36.5 Å². The Morgan fingerprint density at radius 1 is 1.32 bits per heavy atom. The number of carbonyl (C=O) groups is 1. The van der Waals surface area contributed by atoms with Crippen molar-refractivity contribution in [2.75, 3.05) is 12.3 Å². The van der Waals surface area contributed by atoms with Gasteiger partial charge in [0.25, 0.3) is 5.91 Å². The van der Waals surface area contributed by atoms with Crippen molar-refractivity contribution < 1.29 is 9.18 Å². The minimum Gasteiger partial charge on any atom is -0.384 e. The summed E-state index contributed by atoms with van der Waals surface area (Å²) in [6, 6.07) is 8.04. The summed E-state index contributed by atoms with van der Waals surface area (Å²) in [6.45, 7) is 4.67. The predicted molar refractivity (Wildman–Crippen MR) is 85.8 cm³/mol. The lowest BCUT2D eigenvalue weighted by Crippen LogP contribution is -2.26. The number of benzene rings is 1. The molecule has 0 radical (unpaired) electrons. The molecule has 0 aliphatic heterocycles. The van der Waals surface area contributed by atoms with Crippen LogP contribution in [0, 0.1) is 11.7 Å². The van der Waals surface area contributed by atoms with Crippen LogP contribution in [-0.4, -0.2) is 17.4 Å². The number of amides is 1. The van der Waals surface area contributed by atoms with E-state index >= 15 is 0 Å². The maximum Gasteiger partial charge on any atom is 0.254 e. The first kappa shape index (κ1) is 15.9. The summed E-state index contributed by atoms with van der Waals surface area (Å²) in [4.78, 5) is 16.0. The van der Waals surface area contributed by atoms with E-state index in [1.54, 1.807) is 24.3 Å². The first-order chi connectivity index (χ1) is 10.5. The number of pyridine rings is 1. The molecule has 1 aromatic heterocycles. The van der Waals surface area contributed by atoms with Crippen molar-refractivity contribution in [2.45, 2.75) is 20.3 Å². The van der Waals surface area contributed by atoms with Crippen LogP contribution >= 0.6 is 0 Å². The van der Waals surface area contributed by atoms with E-state index in [1.807, 2.05) is 0 Å². The number of nitrogens with one attached hydrogen (secondary N) is 1. The fourth-order valence-corrected chi connectivity index (χ4v) is 2.06. The molecule has 0 bridgehead atoms. The third-order valence-corrected chi connectivity index (χ3v) is 3.35. The molecular weight excluding hydrogens is 281 g/mol. The van der Waals surface area contributed by atoms with Crippen molar-refractivity contribution in [3.63, 3.8) is 0 Å². The molecule has 1 amide bonds. The summed E-state index contributed by atoms with van der Waals surface area (Å²) >= 11 is 0. The van der Waals surface area contributed by atoms with E-state index in [0.29, 0.717) is 29.4 Å². The molecule has 0 aliphatic rings. The summed E-state index contributed by atoms with van der Waals surface area (Å²) in [5.74, 6) is -0.0939. The Kier molecular flexibility index (Phi) is 5.09. The molecule has 1 heterocycles. The van der Waals surface area contributed by atoms with Gasteiger partial charge in [0.15, 0.2) is 0 Å². The average molecular weight is 301 g/mol. The standard InChI is InChI=1S/C17H20FN3O/c1-11(2)8-9-20-17(22)14-5-3-4-13(16(14)18)12-6-7-15(19)21-10-12/h3-7,10-11H,8-9H2,1-2H3,(H2,19,21)(H,20,22). The molecule has 116 valence electrons. The van der Waals surface area contributed by atoms with Crippen molar-refractivity contribution in [2.24, 2.45) is 5.92 Å². The number of rotatable bonds is 5. The highest BCUT2D eigenvalue weighted by Crippen LogP contribution is 2.24. The summed E-state index contributed by atoms with van der Waals surface area (Å²) in [6.07, 6.45) is 2.35. The normalized spacial score (nSPS) is 10.7. The third-order valence-electron chi connectivity index (χ3n) is 3.35. The Morgan fingerprint density at radius 3 is 2.73 bits per heavy atom. The van der Waals surface area contributed by atoms with E-state index in [9.17, 15) is 9.18 Å². The molecular formula is C17H20FN3O. The summed E-state index contributed by atoms with van der Waals surface area (Å²) in [5, 5.41) is 2.74. The lowest BCUT2D eigenvalue weighted by Gasteiger charge is -2.10. The van der Waals surface area contributed by atoms with Gasteiger partial charge in [0, 0.05) is 23.9 Å². The van der Waals surface area contributed by atoms with Crippen LogP contribution in [0.5, 0.6) is 0 Å². The van der Waals surface area contributed by atoms with E-state index in [1.165, 1.54) is 12.3 Å². The van der Waals surface area contributed by atoms with Crippen LogP contribution in [0.2, 0.25) is 0 Å². The smallest absolute Gasteiger partial charge is 0.254 e. The van der Waals surface area contributed by atoms with Gasteiger partial charge in [-0.3, -0.25) is 4.79 Å². The van der Waals surface area contributed by atoms with E-state index in [-0.39, 0.29) is 5.56 Å². The Labute approximate surface area is 129 Å². The molecule has 0 aliphatic carbocycles. The number of halogens is 1. The zero-order chi connectivity index (χ0) is 16.1. The Balaban J connectivity index is 2.22. The van der Waals surface area contributed by atoms with E-state index in [4.69, 9.17) is 5.73 Å². The highest BCUT2D eigenvalue weighted by Gasteiger charge is 2.15. The molecule has 5 heteroatoms. The van der Waals surface area contributed by atoms with Gasteiger partial charge in [0.2, 0.25) is 0 Å². The van der Waals surface area contributed by atoms with Crippen LogP contribution < -0.4 is 11.1 Å². The highest BCUT2D eigenvalue weighted by atomic mass is 19.1. The minimum absolute atomic E-state index is 0.0399. The molecule has 0 fully saturated rings. The van der Waals surface area contributed by atoms with Crippen LogP contribution in [0.25, 0.3) is 11.1 Å². The number of carbonyl (C=O) groups excluding carboxylic acids is 1. The zero-order valence-corrected chi connectivity index (χ0v) is 12.8. The number of hydrogen-bond acceptors (Lipinski definition) is 3.